The summed E-state index contributed by atoms with van der Waals surface area (Å²) in [5, 5.41) is 3.39. The summed E-state index contributed by atoms with van der Waals surface area (Å²) in [7, 11) is -3.02. The lowest BCUT2D eigenvalue weighted by atomic mass is 9.98. The number of unbranched alkanes of at least 4 members (excludes halogenated alkanes) is 1. The van der Waals surface area contributed by atoms with Crippen molar-refractivity contribution < 1.29 is 27.5 Å². The van der Waals surface area contributed by atoms with Crippen LogP contribution in [0.4, 0.5) is 4.79 Å². The molecule has 0 spiro atoms. The quantitative estimate of drug-likeness (QED) is 0.170. The van der Waals surface area contributed by atoms with Crippen LogP contribution in [0, 0.1) is 6.92 Å². The number of esters is 1. The first kappa shape index (κ1) is 30.4. The third-order valence-electron chi connectivity index (χ3n) is 6.21. The van der Waals surface area contributed by atoms with Gasteiger partial charge in [-0.3, -0.25) is 4.79 Å². The lowest BCUT2D eigenvalue weighted by Crippen LogP contribution is -2.27. The summed E-state index contributed by atoms with van der Waals surface area (Å²) in [5.41, 5.74) is 5.87. The minimum atomic E-state index is -3.02. The van der Waals surface area contributed by atoms with Crippen molar-refractivity contribution in [2.75, 3.05) is 31.3 Å². The first-order chi connectivity index (χ1) is 18.7. The molecule has 3 aromatic carbocycles. The predicted molar refractivity (Wildman–Crippen MR) is 156 cm³/mol. The van der Waals surface area contributed by atoms with Crippen LogP contribution in [-0.2, 0) is 24.1 Å². The van der Waals surface area contributed by atoms with E-state index in [0.29, 0.717) is 49.2 Å². The summed E-state index contributed by atoms with van der Waals surface area (Å²) < 4.78 is 32.3. The first-order valence-electron chi connectivity index (χ1n) is 12.8. The van der Waals surface area contributed by atoms with E-state index in [9.17, 15) is 18.0 Å². The number of hydrogen-bond donors (Lipinski definition) is 1. The molecule has 0 bridgehead atoms. The van der Waals surface area contributed by atoms with Gasteiger partial charge in [0.2, 0.25) is 0 Å². The Morgan fingerprint density at radius 1 is 0.872 bits per heavy atom. The zero-order valence-corrected chi connectivity index (χ0v) is 24.6. The van der Waals surface area contributed by atoms with Crippen molar-refractivity contribution in [3.63, 3.8) is 0 Å². The van der Waals surface area contributed by atoms with Crippen LogP contribution in [0.5, 0.6) is 0 Å². The van der Waals surface area contributed by atoms with E-state index < -0.39 is 15.9 Å². The normalized spacial score (nSPS) is 12.0. The fraction of sp³-hybridized carbons (Fsp3) is 0.333. The van der Waals surface area contributed by atoms with Gasteiger partial charge in [-0.2, -0.15) is 0 Å². The van der Waals surface area contributed by atoms with E-state index in [1.165, 1.54) is 28.5 Å². The SMILES string of the molecule is Cc1ccc(S(C)(=O)=O)cc1.O=C(CCCCNC(=O)OCC1c2ccccc2-c2ccccc21)OCCBr. The molecule has 0 unspecified atom stereocenters. The number of benzene rings is 3. The fourth-order valence-corrected chi connectivity index (χ4v) is 5.04. The molecular weight excluding hydrogens is 582 g/mol. The Balaban J connectivity index is 0.000000320. The number of alkyl carbamates (subject to hydrolysis) is 1. The summed E-state index contributed by atoms with van der Waals surface area (Å²) >= 11 is 3.21. The van der Waals surface area contributed by atoms with Gasteiger partial charge in [0.15, 0.2) is 9.84 Å². The Morgan fingerprint density at radius 2 is 1.46 bits per heavy atom. The molecule has 208 valence electrons. The number of fused-ring (bicyclic) bond motifs is 3. The van der Waals surface area contributed by atoms with E-state index >= 15 is 0 Å². The number of carbonyl (C=O) groups is 2. The molecule has 0 saturated heterocycles. The van der Waals surface area contributed by atoms with Gasteiger partial charge in [-0.25, -0.2) is 13.2 Å². The summed E-state index contributed by atoms with van der Waals surface area (Å²) in [5.74, 6) is -0.150. The average Bonchev–Trinajstić information content (AvgIpc) is 3.24. The molecule has 1 aliphatic carbocycles. The molecule has 0 heterocycles. The van der Waals surface area contributed by atoms with Crippen LogP contribution in [0.3, 0.4) is 0 Å². The lowest BCUT2D eigenvalue weighted by Gasteiger charge is -2.14. The average molecular weight is 617 g/mol. The van der Waals surface area contributed by atoms with Gasteiger partial charge in [0.25, 0.3) is 0 Å². The number of sulfone groups is 1. The van der Waals surface area contributed by atoms with Gasteiger partial charge < -0.3 is 14.8 Å². The molecule has 0 fully saturated rings. The van der Waals surface area contributed by atoms with Crippen LogP contribution in [0.2, 0.25) is 0 Å². The molecule has 0 aliphatic heterocycles. The molecule has 1 aliphatic rings. The molecular formula is C30H34BrNO6S. The van der Waals surface area contributed by atoms with E-state index in [4.69, 9.17) is 9.47 Å². The summed E-state index contributed by atoms with van der Waals surface area (Å²) in [6.45, 7) is 3.09. The second-order valence-corrected chi connectivity index (χ2v) is 12.0. The Labute approximate surface area is 239 Å². The monoisotopic (exact) mass is 615 g/mol. The lowest BCUT2D eigenvalue weighted by molar-refractivity contribution is -0.143. The van der Waals surface area contributed by atoms with Crippen LogP contribution in [0.1, 0.15) is 41.9 Å². The Hall–Kier alpha value is -3.17. The van der Waals surface area contributed by atoms with Crippen LogP contribution < -0.4 is 5.32 Å². The van der Waals surface area contributed by atoms with Crippen molar-refractivity contribution in [2.45, 2.75) is 37.0 Å². The molecule has 7 nitrogen and oxygen atoms in total. The third-order valence-corrected chi connectivity index (χ3v) is 7.66. The standard InChI is InChI=1S/C22H24BrNO4.C8H10O2S/c23-12-14-27-21(25)11-5-6-13-24-22(26)28-15-20-18-9-3-1-7-16(18)17-8-2-4-10-19(17)20;1-7-3-5-8(6-4-7)11(2,9)10/h1-4,7-10,20H,5-6,11-15H2,(H,24,26);3-6H,1-2H3. The molecule has 0 radical (unpaired) electrons. The van der Waals surface area contributed by atoms with E-state index in [1.807, 2.05) is 31.2 Å². The molecule has 4 rings (SSSR count). The van der Waals surface area contributed by atoms with E-state index in [2.05, 4.69) is 45.5 Å². The molecule has 1 amide bonds. The van der Waals surface area contributed by atoms with Crippen LogP contribution in [0.25, 0.3) is 11.1 Å². The molecule has 0 atom stereocenters. The van der Waals surface area contributed by atoms with Gasteiger partial charge in [0.1, 0.15) is 13.2 Å². The fourth-order valence-electron chi connectivity index (χ4n) is 4.24. The van der Waals surface area contributed by atoms with Crippen LogP contribution in [-0.4, -0.2) is 51.8 Å². The highest BCUT2D eigenvalue weighted by Gasteiger charge is 2.28. The molecule has 0 saturated carbocycles. The number of hydrogen-bond acceptors (Lipinski definition) is 6. The smallest absolute Gasteiger partial charge is 0.407 e. The van der Waals surface area contributed by atoms with Crippen LogP contribution in [0.15, 0.2) is 77.7 Å². The largest absolute Gasteiger partial charge is 0.465 e. The predicted octanol–water partition coefficient (Wildman–Crippen LogP) is 6.03. The molecule has 1 N–H and O–H groups in total. The Kier molecular flexibility index (Phi) is 11.6. The van der Waals surface area contributed by atoms with Gasteiger partial charge in [0, 0.05) is 30.5 Å². The number of amides is 1. The maximum Gasteiger partial charge on any atom is 0.407 e. The van der Waals surface area contributed by atoms with E-state index in [-0.39, 0.29) is 11.9 Å². The Morgan fingerprint density at radius 3 is 2.03 bits per heavy atom. The van der Waals surface area contributed by atoms with Gasteiger partial charge in [-0.15, -0.1) is 0 Å². The second-order valence-electron chi connectivity index (χ2n) is 9.20. The van der Waals surface area contributed by atoms with Crippen molar-refractivity contribution in [3.05, 3.63) is 89.5 Å². The van der Waals surface area contributed by atoms with Crippen molar-refractivity contribution in [2.24, 2.45) is 0 Å². The number of ether oxygens (including phenoxy) is 2. The number of rotatable bonds is 10. The Bertz CT molecular complexity index is 1310. The number of aryl methyl sites for hydroxylation is 1. The highest BCUT2D eigenvalue weighted by molar-refractivity contribution is 9.09. The van der Waals surface area contributed by atoms with Crippen molar-refractivity contribution in [1.29, 1.82) is 0 Å². The van der Waals surface area contributed by atoms with Gasteiger partial charge >= 0.3 is 12.1 Å². The van der Waals surface area contributed by atoms with Gasteiger partial charge in [-0.1, -0.05) is 82.2 Å². The highest BCUT2D eigenvalue weighted by atomic mass is 79.9. The maximum atomic E-state index is 12.0. The van der Waals surface area contributed by atoms with Crippen molar-refractivity contribution >= 4 is 37.8 Å². The summed E-state index contributed by atoms with van der Waals surface area (Å²) in [6, 6.07) is 23.3. The minimum Gasteiger partial charge on any atom is -0.465 e. The molecule has 3 aromatic rings. The number of halogens is 1. The van der Waals surface area contributed by atoms with Gasteiger partial charge in [0.05, 0.1) is 4.90 Å². The first-order valence-corrected chi connectivity index (χ1v) is 15.8. The second kappa shape index (κ2) is 14.8. The third kappa shape index (κ3) is 9.21. The molecule has 39 heavy (non-hydrogen) atoms. The number of carbonyl (C=O) groups excluding carboxylic acids is 2. The van der Waals surface area contributed by atoms with Crippen LogP contribution >= 0.6 is 15.9 Å². The summed E-state index contributed by atoms with van der Waals surface area (Å²) in [6.07, 6.45) is 2.51. The highest BCUT2D eigenvalue weighted by Crippen LogP contribution is 2.44. The summed E-state index contributed by atoms with van der Waals surface area (Å²) in [4.78, 5) is 23.8. The molecule has 0 aromatic heterocycles. The zero-order chi connectivity index (χ0) is 28.3. The topological polar surface area (TPSA) is 98.8 Å². The zero-order valence-electron chi connectivity index (χ0n) is 22.2. The minimum absolute atomic E-state index is 0.0577. The number of alkyl halides is 1. The number of nitrogens with one attached hydrogen (secondary N) is 1. The van der Waals surface area contributed by atoms with Crippen molar-refractivity contribution in [3.8, 4) is 11.1 Å². The maximum absolute atomic E-state index is 12.0. The van der Waals surface area contributed by atoms with Crippen molar-refractivity contribution in [1.82, 2.24) is 5.32 Å². The van der Waals surface area contributed by atoms with Gasteiger partial charge in [-0.05, 0) is 54.2 Å². The van der Waals surface area contributed by atoms with E-state index in [1.54, 1.807) is 24.3 Å². The van der Waals surface area contributed by atoms with E-state index in [0.717, 1.165) is 5.56 Å². The molecule has 9 heteroatoms.